The largest absolute Gasteiger partial charge is 2.00 e. The van der Waals surface area contributed by atoms with E-state index in [0.29, 0.717) is 0 Å². The van der Waals surface area contributed by atoms with Crippen molar-refractivity contribution in [2.45, 2.75) is 12.6 Å². The Hall–Kier alpha value is -0.701. The molecule has 0 radical (unpaired) electrons. The molecule has 0 N–H and O–H groups in total. The van der Waals surface area contributed by atoms with Gasteiger partial charge < -0.3 is 38.7 Å². The van der Waals surface area contributed by atoms with Gasteiger partial charge in [0.2, 0.25) is 0 Å². The van der Waals surface area contributed by atoms with E-state index in [1.807, 2.05) is 0 Å². The molecule has 0 heterocycles. The fourth-order valence-corrected chi connectivity index (χ4v) is 0.577. The minimum Gasteiger partial charge on any atom is -0.545 e. The second kappa shape index (κ2) is 13.4. The Balaban J connectivity index is -0.000000218. The van der Waals surface area contributed by atoms with Crippen LogP contribution in [0.5, 0.6) is 0 Å². The summed E-state index contributed by atoms with van der Waals surface area (Å²) < 4.78 is 17.1. The molecule has 102 valence electrons. The second-order valence-electron chi connectivity index (χ2n) is 2.24. The summed E-state index contributed by atoms with van der Waals surface area (Å²) in [6.07, 6.45) is -2.48. The molecule has 0 saturated heterocycles. The molecule has 0 bridgehead atoms. The van der Waals surface area contributed by atoms with Crippen molar-refractivity contribution in [3.05, 3.63) is 0 Å². The van der Waals surface area contributed by atoms with E-state index in [1.54, 1.807) is 0 Å². The minimum absolute atomic E-state index is 0. The topological polar surface area (TPSA) is 117 Å². The van der Waals surface area contributed by atoms with Gasteiger partial charge in [0.25, 0.3) is 0 Å². The van der Waals surface area contributed by atoms with Gasteiger partial charge in [-0.1, -0.05) is 0 Å². The number of carboxylic acid groups (broad SMARTS) is 2. The molecule has 8 nitrogen and oxygen atoms in total. The van der Waals surface area contributed by atoms with Gasteiger partial charge in [0.15, 0.2) is 12.6 Å². The number of carboxylic acids is 2. The van der Waals surface area contributed by atoms with Gasteiger partial charge in [-0.15, -0.1) is 0 Å². The summed E-state index contributed by atoms with van der Waals surface area (Å²) in [4.78, 5) is 19.6. The Kier molecular flexibility index (Phi) is 17.0. The Morgan fingerprint density at radius 2 is 0.941 bits per heavy atom. The quantitative estimate of drug-likeness (QED) is 0.369. The molecule has 0 aromatic heterocycles. The van der Waals surface area contributed by atoms with Crippen LogP contribution in [0.15, 0.2) is 0 Å². The third-order valence-corrected chi connectivity index (χ3v) is 1.24. The fourth-order valence-electron chi connectivity index (χ4n) is 0.577. The van der Waals surface area contributed by atoms with Crippen molar-refractivity contribution in [3.63, 3.8) is 0 Å². The van der Waals surface area contributed by atoms with E-state index in [1.165, 1.54) is 28.4 Å². The van der Waals surface area contributed by atoms with Gasteiger partial charge in [0, 0.05) is 28.4 Å². The van der Waals surface area contributed by atoms with Gasteiger partial charge in [-0.2, -0.15) is 0 Å². The maximum Gasteiger partial charge on any atom is 2.00 e. The fraction of sp³-hybridized carbons (Fsp3) is 0.750. The van der Waals surface area contributed by atoms with Crippen LogP contribution in [0.2, 0.25) is 0 Å². The molecule has 0 aliphatic heterocycles. The van der Waals surface area contributed by atoms with Crippen molar-refractivity contribution in [3.8, 4) is 0 Å². The van der Waals surface area contributed by atoms with Crippen molar-refractivity contribution in [1.82, 2.24) is 0 Å². The van der Waals surface area contributed by atoms with Crippen LogP contribution in [-0.4, -0.2) is 53.0 Å². The van der Waals surface area contributed by atoms with E-state index in [-0.39, 0.29) is 17.1 Å². The van der Waals surface area contributed by atoms with Gasteiger partial charge in [-0.3, -0.25) is 0 Å². The van der Waals surface area contributed by atoms with E-state index in [2.05, 4.69) is 18.9 Å². The van der Waals surface area contributed by atoms with Crippen molar-refractivity contribution < 1.29 is 55.8 Å². The maximum atomic E-state index is 9.80. The number of aliphatic carboxylic acids is 2. The maximum absolute atomic E-state index is 9.80. The average molecular weight is 294 g/mol. The zero-order valence-corrected chi connectivity index (χ0v) is 10.9. The summed E-state index contributed by atoms with van der Waals surface area (Å²) in [6.45, 7) is 0. The molecule has 0 unspecified atom stereocenters. The Bertz CT molecular complexity index is 180. The first-order valence-corrected chi connectivity index (χ1v) is 3.97. The van der Waals surface area contributed by atoms with Crippen LogP contribution < -0.4 is 10.2 Å². The minimum atomic E-state index is -1.37. The number of carbonyl (C=O) groups is 2. The molecule has 0 saturated carbocycles. The van der Waals surface area contributed by atoms with Crippen LogP contribution in [0.25, 0.3) is 0 Å². The molecule has 0 amide bonds. The van der Waals surface area contributed by atoms with Gasteiger partial charge in [0.1, 0.15) is 0 Å². The molecule has 0 aliphatic rings. The summed E-state index contributed by atoms with van der Waals surface area (Å²) in [5.41, 5.74) is 0. The van der Waals surface area contributed by atoms with E-state index in [0.717, 1.165) is 0 Å². The summed E-state index contributed by atoms with van der Waals surface area (Å²) >= 11 is 0. The van der Waals surface area contributed by atoms with Gasteiger partial charge in [-0.25, -0.2) is 0 Å². The number of methoxy groups -OCH3 is 4. The molecule has 9 heteroatoms. The first-order valence-electron chi connectivity index (χ1n) is 3.97. The SMILES string of the molecule is COC(OC)C(=O)[O-].COC(OC)C(=O)[O-].[Fe+2]. The second-order valence-corrected chi connectivity index (χ2v) is 2.24. The number of carbonyl (C=O) groups excluding carboxylic acids is 2. The third kappa shape index (κ3) is 11.6. The zero-order valence-electron chi connectivity index (χ0n) is 9.77. The van der Waals surface area contributed by atoms with Crippen molar-refractivity contribution in [1.29, 1.82) is 0 Å². The number of rotatable bonds is 6. The van der Waals surface area contributed by atoms with Crippen LogP contribution in [0.4, 0.5) is 0 Å². The molecule has 0 spiro atoms. The van der Waals surface area contributed by atoms with Crippen LogP contribution in [-0.2, 0) is 45.6 Å². The average Bonchev–Trinajstić information content (AvgIpc) is 2.21. The number of hydrogen-bond donors (Lipinski definition) is 0. The van der Waals surface area contributed by atoms with Crippen LogP contribution in [0, 0.1) is 0 Å². The molecular weight excluding hydrogens is 280 g/mol. The molecule has 0 aromatic carbocycles. The first-order chi connectivity index (χ1) is 7.44. The smallest absolute Gasteiger partial charge is 0.545 e. The molecule has 0 fully saturated rings. The molecule has 0 aromatic rings. The monoisotopic (exact) mass is 294 g/mol. The number of hydrogen-bond acceptors (Lipinski definition) is 8. The standard InChI is InChI=1S/2C4H8O4.Fe/c2*1-7-4(8-2)3(5)6;/h2*4H,1-2H3,(H,5,6);/q;;+2/p-2. The zero-order chi connectivity index (χ0) is 13.1. The van der Waals surface area contributed by atoms with E-state index >= 15 is 0 Å². The van der Waals surface area contributed by atoms with Crippen LogP contribution >= 0.6 is 0 Å². The van der Waals surface area contributed by atoms with Crippen LogP contribution in [0.1, 0.15) is 0 Å². The first kappa shape index (κ1) is 21.6. The Morgan fingerprint density at radius 1 is 0.765 bits per heavy atom. The molecule has 0 atom stereocenters. The van der Waals surface area contributed by atoms with E-state index in [4.69, 9.17) is 0 Å². The molecular formula is C8H14FeO8. The number of ether oxygens (including phenoxy) is 4. The molecule has 17 heavy (non-hydrogen) atoms. The van der Waals surface area contributed by atoms with Crippen LogP contribution in [0.3, 0.4) is 0 Å². The summed E-state index contributed by atoms with van der Waals surface area (Å²) in [5, 5.41) is 19.6. The van der Waals surface area contributed by atoms with E-state index in [9.17, 15) is 19.8 Å². The van der Waals surface area contributed by atoms with Gasteiger partial charge >= 0.3 is 17.1 Å². The predicted molar refractivity (Wildman–Crippen MR) is 45.6 cm³/mol. The van der Waals surface area contributed by atoms with Gasteiger partial charge in [0.05, 0.1) is 11.9 Å². The summed E-state index contributed by atoms with van der Waals surface area (Å²) in [7, 11) is 4.90. The predicted octanol–water partition coefficient (Wildman–Crippen LogP) is -3.29. The van der Waals surface area contributed by atoms with Crippen molar-refractivity contribution in [2.24, 2.45) is 0 Å². The van der Waals surface area contributed by atoms with Gasteiger partial charge in [-0.05, 0) is 0 Å². The summed E-state index contributed by atoms with van der Waals surface area (Å²) in [6, 6.07) is 0. The normalized spacial score (nSPS) is 9.29. The third-order valence-electron chi connectivity index (χ3n) is 1.24. The summed E-state index contributed by atoms with van der Waals surface area (Å²) in [5.74, 6) is -2.73. The van der Waals surface area contributed by atoms with Crippen molar-refractivity contribution in [2.75, 3.05) is 28.4 Å². The van der Waals surface area contributed by atoms with Crippen molar-refractivity contribution >= 4 is 11.9 Å². The Morgan fingerprint density at radius 3 is 0.941 bits per heavy atom. The Labute approximate surface area is 109 Å². The van der Waals surface area contributed by atoms with E-state index < -0.39 is 24.5 Å². The molecule has 0 aliphatic carbocycles. The molecule has 0 rings (SSSR count).